The van der Waals surface area contributed by atoms with Gasteiger partial charge in [0.2, 0.25) is 0 Å². The van der Waals surface area contributed by atoms with Crippen LogP contribution < -0.4 is 0 Å². The lowest BCUT2D eigenvalue weighted by Crippen LogP contribution is -1.93. The van der Waals surface area contributed by atoms with Crippen LogP contribution in [0.2, 0.25) is 0 Å². The van der Waals surface area contributed by atoms with Crippen molar-refractivity contribution in [3.05, 3.63) is 52.2 Å². The minimum atomic E-state index is -1.64. The molecule has 3 nitrogen and oxygen atoms in total. The molecule has 6 heteroatoms. The van der Waals surface area contributed by atoms with Crippen LogP contribution in [0.25, 0.3) is 21.2 Å². The lowest BCUT2D eigenvalue weighted by atomic mass is 10.1. The van der Waals surface area contributed by atoms with Crippen LogP contribution in [0.3, 0.4) is 0 Å². The van der Waals surface area contributed by atoms with Crippen LogP contribution in [0.5, 0.6) is 0 Å². The smallest absolute Gasteiger partial charge is 0.195 e. The van der Waals surface area contributed by atoms with Gasteiger partial charge in [-0.05, 0) is 10.9 Å². The Hall–Kier alpha value is -2.20. The second-order valence-corrected chi connectivity index (χ2v) is 3.03. The van der Waals surface area contributed by atoms with Gasteiger partial charge in [0.25, 0.3) is 0 Å². The van der Waals surface area contributed by atoms with Crippen LogP contribution in [-0.4, -0.2) is 0 Å². The molecule has 0 bridgehead atoms. The zero-order valence-corrected chi connectivity index (χ0v) is 7.78. The molecule has 0 fully saturated rings. The molecule has 2 aromatic rings. The summed E-state index contributed by atoms with van der Waals surface area (Å²) in [5.74, 6) is -4.40. The lowest BCUT2D eigenvalue weighted by Gasteiger charge is -2.05. The maximum Gasteiger partial charge on any atom is 0.195 e. The van der Waals surface area contributed by atoms with Crippen molar-refractivity contribution in [2.75, 3.05) is 0 Å². The fourth-order valence-corrected chi connectivity index (χ4v) is 1.46. The average molecular weight is 223 g/mol. The molecule has 16 heavy (non-hydrogen) atoms. The normalized spacial score (nSPS) is 10.2. The summed E-state index contributed by atoms with van der Waals surface area (Å²) in [6.45, 7) is 0. The maximum absolute atomic E-state index is 13.3. The molecule has 0 N–H and O–H groups in total. The highest BCUT2D eigenvalue weighted by Gasteiger charge is 2.18. The molecule has 0 spiro atoms. The third kappa shape index (κ3) is 1.36. The Balaban J connectivity index is 3.03. The van der Waals surface area contributed by atoms with Crippen LogP contribution >= 0.6 is 0 Å². The molecule has 0 aliphatic heterocycles. The van der Waals surface area contributed by atoms with Crippen LogP contribution in [0, 0.1) is 17.5 Å². The Morgan fingerprint density at radius 1 is 0.938 bits per heavy atom. The van der Waals surface area contributed by atoms with E-state index in [9.17, 15) is 13.2 Å². The van der Waals surface area contributed by atoms with E-state index in [2.05, 4.69) is 10.0 Å². The minimum absolute atomic E-state index is 0.0386. The SMILES string of the molecule is [N-]=[N+]=Nc1c(F)c(F)c(F)c2ccccc12. The zero-order chi connectivity index (χ0) is 11.7. The summed E-state index contributed by atoms with van der Waals surface area (Å²) in [4.78, 5) is 2.38. The molecule has 0 saturated heterocycles. The Kier molecular flexibility index (Phi) is 2.42. The number of benzene rings is 2. The van der Waals surface area contributed by atoms with Crippen molar-refractivity contribution in [2.45, 2.75) is 0 Å². The first kappa shape index (κ1) is 10.3. The molecule has 0 amide bonds. The summed E-state index contributed by atoms with van der Waals surface area (Å²) < 4.78 is 39.7. The molecule has 2 rings (SSSR count). The monoisotopic (exact) mass is 223 g/mol. The van der Waals surface area contributed by atoms with Gasteiger partial charge in [0.15, 0.2) is 17.5 Å². The van der Waals surface area contributed by atoms with Crippen molar-refractivity contribution in [1.82, 2.24) is 0 Å². The van der Waals surface area contributed by atoms with E-state index >= 15 is 0 Å². The highest BCUT2D eigenvalue weighted by Crippen LogP contribution is 2.33. The van der Waals surface area contributed by atoms with E-state index in [-0.39, 0.29) is 10.8 Å². The van der Waals surface area contributed by atoms with E-state index in [1.54, 1.807) is 0 Å². The second-order valence-electron chi connectivity index (χ2n) is 3.03. The first-order valence-corrected chi connectivity index (χ1v) is 4.27. The van der Waals surface area contributed by atoms with Gasteiger partial charge >= 0.3 is 0 Å². The number of nitrogens with zero attached hydrogens (tertiary/aromatic N) is 3. The van der Waals surface area contributed by atoms with Gasteiger partial charge < -0.3 is 0 Å². The van der Waals surface area contributed by atoms with Crippen LogP contribution in [0.1, 0.15) is 0 Å². The summed E-state index contributed by atoms with van der Waals surface area (Å²) in [5.41, 5.74) is 7.71. The predicted octanol–water partition coefficient (Wildman–Crippen LogP) is 4.20. The third-order valence-corrected chi connectivity index (χ3v) is 2.16. The van der Waals surface area contributed by atoms with Gasteiger partial charge in [0.05, 0.1) is 5.69 Å². The lowest BCUT2D eigenvalue weighted by molar-refractivity contribution is 0.455. The summed E-state index contributed by atoms with van der Waals surface area (Å²) in [6.07, 6.45) is 0. The van der Waals surface area contributed by atoms with E-state index in [4.69, 9.17) is 5.53 Å². The van der Waals surface area contributed by atoms with Crippen LogP contribution in [0.4, 0.5) is 18.9 Å². The molecule has 80 valence electrons. The molecule has 2 aromatic carbocycles. The molecule has 0 saturated carbocycles. The highest BCUT2D eigenvalue weighted by molar-refractivity contribution is 5.93. The van der Waals surface area contributed by atoms with Gasteiger partial charge in [-0.25, -0.2) is 13.2 Å². The number of halogens is 3. The summed E-state index contributed by atoms with van der Waals surface area (Å²) in [5, 5.41) is 2.95. The van der Waals surface area contributed by atoms with E-state index in [1.807, 2.05) is 0 Å². The van der Waals surface area contributed by atoms with E-state index in [0.717, 1.165) is 0 Å². The maximum atomic E-state index is 13.3. The minimum Gasteiger partial charge on any atom is -0.203 e. The zero-order valence-electron chi connectivity index (χ0n) is 7.78. The van der Waals surface area contributed by atoms with Gasteiger partial charge in [-0.15, -0.1) is 0 Å². The standard InChI is InChI=1S/C10H4F3N3/c11-7-5-3-1-2-4-6(5)10(15-16-14)9(13)8(7)12/h1-4H. The fourth-order valence-electron chi connectivity index (χ4n) is 1.46. The van der Waals surface area contributed by atoms with Gasteiger partial charge in [0, 0.05) is 10.3 Å². The molecular formula is C10H4F3N3. The van der Waals surface area contributed by atoms with Gasteiger partial charge in [0.1, 0.15) is 0 Å². The van der Waals surface area contributed by atoms with Crippen molar-refractivity contribution in [1.29, 1.82) is 0 Å². The molecule has 0 unspecified atom stereocenters. The molecule has 0 aromatic heterocycles. The van der Waals surface area contributed by atoms with Crippen molar-refractivity contribution in [3.63, 3.8) is 0 Å². The molecule has 0 aliphatic rings. The first-order valence-electron chi connectivity index (χ1n) is 4.27. The molecule has 0 atom stereocenters. The third-order valence-electron chi connectivity index (χ3n) is 2.16. The van der Waals surface area contributed by atoms with Crippen LogP contribution in [0.15, 0.2) is 29.4 Å². The average Bonchev–Trinajstić information content (AvgIpc) is 2.32. The largest absolute Gasteiger partial charge is 0.203 e. The second kappa shape index (κ2) is 3.75. The number of rotatable bonds is 1. The highest BCUT2D eigenvalue weighted by atomic mass is 19.2. The molecular weight excluding hydrogens is 219 g/mol. The van der Waals surface area contributed by atoms with Crippen molar-refractivity contribution < 1.29 is 13.2 Å². The Labute approximate surface area is 87.7 Å². The van der Waals surface area contributed by atoms with Crippen molar-refractivity contribution in [3.8, 4) is 0 Å². The number of hydrogen-bond donors (Lipinski definition) is 0. The molecule has 0 radical (unpaired) electrons. The number of hydrogen-bond acceptors (Lipinski definition) is 1. The summed E-state index contributed by atoms with van der Waals surface area (Å²) >= 11 is 0. The predicted molar refractivity (Wildman–Crippen MR) is 52.6 cm³/mol. The van der Waals surface area contributed by atoms with E-state index < -0.39 is 23.1 Å². The molecule has 0 heterocycles. The Morgan fingerprint density at radius 3 is 2.19 bits per heavy atom. The number of azide groups is 1. The van der Waals surface area contributed by atoms with Gasteiger partial charge in [-0.2, -0.15) is 0 Å². The van der Waals surface area contributed by atoms with Gasteiger partial charge in [-0.3, -0.25) is 0 Å². The topological polar surface area (TPSA) is 48.8 Å². The Bertz CT molecular complexity index is 618. The first-order chi connectivity index (χ1) is 7.66. The van der Waals surface area contributed by atoms with Gasteiger partial charge in [-0.1, -0.05) is 29.4 Å². The summed E-state index contributed by atoms with van der Waals surface area (Å²) in [6, 6.07) is 5.62. The van der Waals surface area contributed by atoms with E-state index in [0.29, 0.717) is 0 Å². The quantitative estimate of drug-likeness (QED) is 0.301. The van der Waals surface area contributed by atoms with E-state index in [1.165, 1.54) is 24.3 Å². The number of fused-ring (bicyclic) bond motifs is 1. The molecule has 0 aliphatic carbocycles. The summed E-state index contributed by atoms with van der Waals surface area (Å²) in [7, 11) is 0. The van der Waals surface area contributed by atoms with Crippen LogP contribution in [-0.2, 0) is 0 Å². The Morgan fingerprint density at radius 2 is 1.56 bits per heavy atom. The fraction of sp³-hybridized carbons (Fsp3) is 0. The van der Waals surface area contributed by atoms with Crippen molar-refractivity contribution in [2.24, 2.45) is 5.11 Å². The van der Waals surface area contributed by atoms with Crippen molar-refractivity contribution >= 4 is 16.5 Å².